The van der Waals surface area contributed by atoms with Crippen LogP contribution in [0.1, 0.15) is 33.6 Å². The Balaban J connectivity index is 1.98. The third kappa shape index (κ3) is 4.39. The van der Waals surface area contributed by atoms with Crippen LogP contribution in [0.25, 0.3) is 0 Å². The summed E-state index contributed by atoms with van der Waals surface area (Å²) >= 11 is 5.68. The number of likely N-dealkylation sites (tertiary alicyclic amines) is 1. The molecule has 5 nitrogen and oxygen atoms in total. The number of hydrogen-bond acceptors (Lipinski definition) is 4. The van der Waals surface area contributed by atoms with Crippen molar-refractivity contribution in [2.24, 2.45) is 0 Å². The van der Waals surface area contributed by atoms with Crippen molar-refractivity contribution in [1.82, 2.24) is 14.6 Å². The lowest BCUT2D eigenvalue weighted by Gasteiger charge is -2.40. The minimum atomic E-state index is -3.52. The summed E-state index contributed by atoms with van der Waals surface area (Å²) in [5.41, 5.74) is 0.129. The molecule has 0 amide bonds. The van der Waals surface area contributed by atoms with Gasteiger partial charge in [0.2, 0.25) is 10.0 Å². The highest BCUT2D eigenvalue weighted by Crippen LogP contribution is 2.21. The zero-order valence-corrected chi connectivity index (χ0v) is 14.2. The fraction of sp³-hybridized carbons (Fsp3) is 0.643. The number of aromatic nitrogens is 1. The Hall–Kier alpha value is -0.690. The van der Waals surface area contributed by atoms with Gasteiger partial charge in [-0.2, -0.15) is 0 Å². The second-order valence-electron chi connectivity index (χ2n) is 6.37. The average molecular weight is 332 g/mol. The van der Waals surface area contributed by atoms with Gasteiger partial charge >= 0.3 is 0 Å². The molecule has 0 bridgehead atoms. The lowest BCUT2D eigenvalue weighted by Crippen LogP contribution is -2.50. The smallest absolute Gasteiger partial charge is 0.242 e. The fourth-order valence-corrected chi connectivity index (χ4v) is 3.84. The van der Waals surface area contributed by atoms with E-state index in [-0.39, 0.29) is 21.6 Å². The van der Waals surface area contributed by atoms with Crippen molar-refractivity contribution in [3.63, 3.8) is 0 Å². The standard InChI is InChI=1S/C14H22ClN3O2S/c1-14(2,3)18-8-6-11(7-9-18)17-21(19,20)12-4-5-13(15)16-10-12/h4-5,10-11,17H,6-9H2,1-3H3. The van der Waals surface area contributed by atoms with Crippen LogP contribution in [0.5, 0.6) is 0 Å². The van der Waals surface area contributed by atoms with Gasteiger partial charge in [-0.3, -0.25) is 4.90 Å². The van der Waals surface area contributed by atoms with Gasteiger partial charge in [0.25, 0.3) is 0 Å². The Morgan fingerprint density at radius 1 is 1.29 bits per heavy atom. The zero-order chi connectivity index (χ0) is 15.7. The van der Waals surface area contributed by atoms with Gasteiger partial charge in [0.1, 0.15) is 10.0 Å². The molecule has 1 N–H and O–H groups in total. The summed E-state index contributed by atoms with van der Waals surface area (Å²) in [6.45, 7) is 8.33. The van der Waals surface area contributed by atoms with E-state index in [1.165, 1.54) is 18.3 Å². The quantitative estimate of drug-likeness (QED) is 0.863. The van der Waals surface area contributed by atoms with Gasteiger partial charge in [-0.05, 0) is 45.7 Å². The molecule has 0 aromatic carbocycles. The normalized spacial score (nSPS) is 18.9. The van der Waals surface area contributed by atoms with Gasteiger partial charge < -0.3 is 0 Å². The van der Waals surface area contributed by atoms with Gasteiger partial charge in [-0.1, -0.05) is 11.6 Å². The van der Waals surface area contributed by atoms with Crippen LogP contribution in [0.2, 0.25) is 5.15 Å². The third-order valence-electron chi connectivity index (χ3n) is 3.78. The summed E-state index contributed by atoms with van der Waals surface area (Å²) < 4.78 is 27.3. The zero-order valence-electron chi connectivity index (χ0n) is 12.6. The van der Waals surface area contributed by atoms with Crippen molar-refractivity contribution in [2.75, 3.05) is 13.1 Å². The summed E-state index contributed by atoms with van der Waals surface area (Å²) in [5.74, 6) is 0. The van der Waals surface area contributed by atoms with Gasteiger partial charge in [0.05, 0.1) is 0 Å². The maximum atomic E-state index is 12.3. The molecule has 0 atom stereocenters. The number of halogens is 1. The molecule has 0 radical (unpaired) electrons. The fourth-order valence-electron chi connectivity index (χ4n) is 2.48. The first-order chi connectivity index (χ1) is 9.68. The number of nitrogens with one attached hydrogen (secondary N) is 1. The molecule has 0 spiro atoms. The summed E-state index contributed by atoms with van der Waals surface area (Å²) in [4.78, 5) is 6.36. The molecule has 1 fully saturated rings. The molecular weight excluding hydrogens is 310 g/mol. The Kier molecular flexibility index (Phi) is 4.92. The number of pyridine rings is 1. The van der Waals surface area contributed by atoms with E-state index in [9.17, 15) is 8.42 Å². The molecule has 0 aliphatic carbocycles. The highest BCUT2D eigenvalue weighted by Gasteiger charge is 2.29. The van der Waals surface area contributed by atoms with Crippen LogP contribution in [0.15, 0.2) is 23.2 Å². The van der Waals surface area contributed by atoms with Crippen LogP contribution < -0.4 is 4.72 Å². The van der Waals surface area contributed by atoms with Gasteiger partial charge in [-0.25, -0.2) is 18.1 Å². The van der Waals surface area contributed by atoms with E-state index in [0.29, 0.717) is 0 Å². The number of rotatable bonds is 3. The van der Waals surface area contributed by atoms with E-state index in [1.54, 1.807) is 0 Å². The lowest BCUT2D eigenvalue weighted by molar-refractivity contribution is 0.100. The minimum Gasteiger partial charge on any atom is -0.298 e. The first kappa shape index (κ1) is 16.7. The number of piperidine rings is 1. The van der Waals surface area contributed by atoms with Crippen molar-refractivity contribution in [2.45, 2.75) is 50.1 Å². The second kappa shape index (κ2) is 6.20. The Morgan fingerprint density at radius 2 is 1.90 bits per heavy atom. The summed E-state index contributed by atoms with van der Waals surface area (Å²) in [6, 6.07) is 2.93. The summed E-state index contributed by atoms with van der Waals surface area (Å²) in [5, 5.41) is 0.285. The largest absolute Gasteiger partial charge is 0.298 e. The Labute approximate surface area is 131 Å². The van der Waals surface area contributed by atoms with Crippen molar-refractivity contribution >= 4 is 21.6 Å². The van der Waals surface area contributed by atoms with E-state index >= 15 is 0 Å². The van der Waals surface area contributed by atoms with Crippen molar-refractivity contribution < 1.29 is 8.42 Å². The molecule has 1 aliphatic heterocycles. The molecule has 2 rings (SSSR count). The molecule has 1 aromatic heterocycles. The topological polar surface area (TPSA) is 62.3 Å². The second-order valence-corrected chi connectivity index (χ2v) is 8.47. The van der Waals surface area contributed by atoms with Gasteiger partial charge in [-0.15, -0.1) is 0 Å². The van der Waals surface area contributed by atoms with E-state index in [1.807, 2.05) is 0 Å². The van der Waals surface area contributed by atoms with Crippen LogP contribution in [-0.2, 0) is 10.0 Å². The molecule has 1 saturated heterocycles. The average Bonchev–Trinajstić information content (AvgIpc) is 2.38. The van der Waals surface area contributed by atoms with Crippen LogP contribution in [0.3, 0.4) is 0 Å². The molecule has 0 unspecified atom stereocenters. The van der Waals surface area contributed by atoms with E-state index in [4.69, 9.17) is 11.6 Å². The molecule has 1 aromatic rings. The van der Waals surface area contributed by atoms with Crippen molar-refractivity contribution in [3.05, 3.63) is 23.5 Å². The highest BCUT2D eigenvalue weighted by molar-refractivity contribution is 7.89. The number of hydrogen-bond donors (Lipinski definition) is 1. The highest BCUT2D eigenvalue weighted by atomic mass is 35.5. The van der Waals surface area contributed by atoms with Crippen molar-refractivity contribution in [3.8, 4) is 0 Å². The van der Waals surface area contributed by atoms with E-state index < -0.39 is 10.0 Å². The molecule has 1 aliphatic rings. The number of sulfonamides is 1. The maximum absolute atomic E-state index is 12.3. The molecule has 21 heavy (non-hydrogen) atoms. The van der Waals surface area contributed by atoms with Crippen LogP contribution in [0.4, 0.5) is 0 Å². The molecule has 118 valence electrons. The lowest BCUT2D eigenvalue weighted by atomic mass is 9.99. The first-order valence-electron chi connectivity index (χ1n) is 7.07. The Morgan fingerprint density at radius 3 is 2.38 bits per heavy atom. The summed E-state index contributed by atoms with van der Waals surface area (Å²) in [6.07, 6.45) is 2.92. The number of nitrogens with zero attached hydrogens (tertiary/aromatic N) is 2. The Bertz CT molecular complexity index is 573. The molecule has 7 heteroatoms. The van der Waals surface area contributed by atoms with E-state index in [2.05, 4.69) is 35.4 Å². The van der Waals surface area contributed by atoms with E-state index in [0.717, 1.165) is 25.9 Å². The minimum absolute atomic E-state index is 0.0238. The molecular formula is C14H22ClN3O2S. The third-order valence-corrected chi connectivity index (χ3v) is 5.51. The molecule has 2 heterocycles. The van der Waals surface area contributed by atoms with Crippen molar-refractivity contribution in [1.29, 1.82) is 0 Å². The summed E-state index contributed by atoms with van der Waals surface area (Å²) in [7, 11) is -3.52. The first-order valence-corrected chi connectivity index (χ1v) is 8.93. The van der Waals surface area contributed by atoms with Crippen LogP contribution in [-0.4, -0.2) is 43.0 Å². The predicted molar refractivity (Wildman–Crippen MR) is 83.9 cm³/mol. The maximum Gasteiger partial charge on any atom is 0.242 e. The molecule has 0 saturated carbocycles. The predicted octanol–water partition coefficient (Wildman–Crippen LogP) is 2.28. The van der Waals surface area contributed by atoms with Gasteiger partial charge in [0, 0.05) is 30.9 Å². The van der Waals surface area contributed by atoms with Crippen LogP contribution >= 0.6 is 11.6 Å². The van der Waals surface area contributed by atoms with Gasteiger partial charge in [0.15, 0.2) is 0 Å². The SMILES string of the molecule is CC(C)(C)N1CCC(NS(=O)(=O)c2ccc(Cl)nc2)CC1. The van der Waals surface area contributed by atoms with Crippen LogP contribution in [0, 0.1) is 0 Å². The monoisotopic (exact) mass is 331 g/mol.